The second-order valence-electron chi connectivity index (χ2n) is 3.81. The number of benzene rings is 1. The Bertz CT molecular complexity index is 289. The maximum atomic E-state index is 3.62. The van der Waals surface area contributed by atoms with Gasteiger partial charge in [-0.25, -0.2) is 0 Å². The number of rotatable bonds is 2. The molecular formula is C12H17Br. The van der Waals surface area contributed by atoms with Crippen LogP contribution in [-0.2, 0) is 0 Å². The Balaban J connectivity index is 2.97. The number of aryl methyl sites for hydroxylation is 2. The molecule has 2 unspecified atom stereocenters. The highest BCUT2D eigenvalue weighted by atomic mass is 79.9. The van der Waals surface area contributed by atoms with Crippen molar-refractivity contribution >= 4 is 15.9 Å². The molecule has 0 radical (unpaired) electrons. The molecule has 0 nitrogen and oxygen atoms in total. The highest BCUT2D eigenvalue weighted by Gasteiger charge is 2.11. The summed E-state index contributed by atoms with van der Waals surface area (Å²) in [5, 5.41) is 0. The van der Waals surface area contributed by atoms with E-state index in [9.17, 15) is 0 Å². The van der Waals surface area contributed by atoms with E-state index in [-0.39, 0.29) is 0 Å². The normalized spacial score (nSPS) is 15.5. The van der Waals surface area contributed by atoms with E-state index in [1.807, 2.05) is 0 Å². The molecule has 0 aromatic heterocycles. The lowest BCUT2D eigenvalue weighted by Gasteiger charge is -2.15. The molecule has 0 heterocycles. The van der Waals surface area contributed by atoms with Gasteiger partial charge in [-0.2, -0.15) is 0 Å². The van der Waals surface area contributed by atoms with Gasteiger partial charge >= 0.3 is 0 Å². The predicted molar refractivity (Wildman–Crippen MR) is 62.7 cm³/mol. The second-order valence-corrected chi connectivity index (χ2v) is 5.25. The van der Waals surface area contributed by atoms with E-state index in [1.165, 1.54) is 16.7 Å². The predicted octanol–water partition coefficient (Wildman–Crippen LogP) is 4.19. The Morgan fingerprint density at radius 2 is 1.69 bits per heavy atom. The van der Waals surface area contributed by atoms with Crippen molar-refractivity contribution in [3.05, 3.63) is 34.9 Å². The molecule has 0 saturated carbocycles. The molecule has 0 saturated heterocycles. The maximum Gasteiger partial charge on any atom is 0.0183 e. The summed E-state index contributed by atoms with van der Waals surface area (Å²) in [4.78, 5) is 0.537. The quantitative estimate of drug-likeness (QED) is 0.681. The third kappa shape index (κ3) is 2.57. The Hall–Kier alpha value is -0.300. The van der Waals surface area contributed by atoms with Crippen molar-refractivity contribution in [2.75, 3.05) is 0 Å². The van der Waals surface area contributed by atoms with E-state index in [0.717, 1.165) is 0 Å². The third-order valence-corrected chi connectivity index (χ3v) is 3.54. The minimum atomic E-state index is 0.537. The van der Waals surface area contributed by atoms with Gasteiger partial charge in [-0.05, 0) is 36.5 Å². The first-order valence-electron chi connectivity index (χ1n) is 4.73. The summed E-state index contributed by atoms with van der Waals surface area (Å²) in [6, 6.07) is 6.72. The van der Waals surface area contributed by atoms with Gasteiger partial charge < -0.3 is 0 Å². The standard InChI is InChI=1S/C12H17Br/c1-8-5-6-12(7-9(8)2)10(3)11(4)13/h5-7,10-11H,1-4H3. The average Bonchev–Trinajstić information content (AvgIpc) is 2.08. The summed E-state index contributed by atoms with van der Waals surface area (Å²) in [5.41, 5.74) is 4.18. The van der Waals surface area contributed by atoms with Crippen LogP contribution in [0, 0.1) is 13.8 Å². The highest BCUT2D eigenvalue weighted by Crippen LogP contribution is 2.25. The first kappa shape index (κ1) is 10.8. The maximum absolute atomic E-state index is 3.62. The second kappa shape index (κ2) is 4.28. The zero-order valence-corrected chi connectivity index (χ0v) is 10.4. The van der Waals surface area contributed by atoms with Crippen molar-refractivity contribution in [1.29, 1.82) is 0 Å². The Kier molecular flexibility index (Phi) is 3.55. The molecule has 0 aliphatic heterocycles. The van der Waals surface area contributed by atoms with Crippen LogP contribution < -0.4 is 0 Å². The van der Waals surface area contributed by atoms with Crippen LogP contribution >= 0.6 is 15.9 Å². The van der Waals surface area contributed by atoms with Crippen molar-refractivity contribution in [3.8, 4) is 0 Å². The van der Waals surface area contributed by atoms with Crippen LogP contribution in [0.25, 0.3) is 0 Å². The Morgan fingerprint density at radius 1 is 1.08 bits per heavy atom. The van der Waals surface area contributed by atoms with Crippen molar-refractivity contribution in [2.45, 2.75) is 38.4 Å². The van der Waals surface area contributed by atoms with Gasteiger partial charge in [0, 0.05) is 4.83 Å². The van der Waals surface area contributed by atoms with Gasteiger partial charge in [0.25, 0.3) is 0 Å². The minimum absolute atomic E-state index is 0.537. The summed E-state index contributed by atoms with van der Waals surface area (Å²) in [5.74, 6) is 0.583. The fraction of sp³-hybridized carbons (Fsp3) is 0.500. The molecule has 0 N–H and O–H groups in total. The van der Waals surface area contributed by atoms with Crippen LogP contribution in [0.15, 0.2) is 18.2 Å². The van der Waals surface area contributed by atoms with E-state index in [0.29, 0.717) is 10.7 Å². The zero-order valence-electron chi connectivity index (χ0n) is 8.76. The molecule has 0 aliphatic carbocycles. The van der Waals surface area contributed by atoms with E-state index in [4.69, 9.17) is 0 Å². The molecule has 1 aromatic carbocycles. The summed E-state index contributed by atoms with van der Waals surface area (Å²) < 4.78 is 0. The number of halogens is 1. The molecule has 1 rings (SSSR count). The van der Waals surface area contributed by atoms with Crippen LogP contribution in [0.5, 0.6) is 0 Å². The molecular weight excluding hydrogens is 224 g/mol. The summed E-state index contributed by atoms with van der Waals surface area (Å²) in [7, 11) is 0. The lowest BCUT2D eigenvalue weighted by Crippen LogP contribution is -2.04. The van der Waals surface area contributed by atoms with Gasteiger partial charge in [0.05, 0.1) is 0 Å². The van der Waals surface area contributed by atoms with Crippen molar-refractivity contribution < 1.29 is 0 Å². The van der Waals surface area contributed by atoms with Gasteiger partial charge in [0.1, 0.15) is 0 Å². The van der Waals surface area contributed by atoms with Crippen LogP contribution in [0.4, 0.5) is 0 Å². The number of hydrogen-bond donors (Lipinski definition) is 0. The van der Waals surface area contributed by atoms with E-state index >= 15 is 0 Å². The van der Waals surface area contributed by atoms with Crippen LogP contribution in [0.3, 0.4) is 0 Å². The molecule has 0 amide bonds. The van der Waals surface area contributed by atoms with E-state index in [1.54, 1.807) is 0 Å². The van der Waals surface area contributed by atoms with Crippen LogP contribution in [0.1, 0.15) is 36.5 Å². The summed E-state index contributed by atoms with van der Waals surface area (Å²) >= 11 is 3.62. The topological polar surface area (TPSA) is 0 Å². The van der Waals surface area contributed by atoms with Gasteiger partial charge in [-0.15, -0.1) is 0 Å². The van der Waals surface area contributed by atoms with Gasteiger partial charge in [0.2, 0.25) is 0 Å². The Labute approximate surface area is 89.5 Å². The summed E-state index contributed by atoms with van der Waals surface area (Å²) in [6.07, 6.45) is 0. The third-order valence-electron chi connectivity index (χ3n) is 2.75. The average molecular weight is 241 g/mol. The van der Waals surface area contributed by atoms with Crippen LogP contribution in [-0.4, -0.2) is 4.83 Å². The van der Waals surface area contributed by atoms with Gasteiger partial charge in [-0.3, -0.25) is 0 Å². The number of hydrogen-bond acceptors (Lipinski definition) is 0. The zero-order chi connectivity index (χ0) is 10.0. The first-order chi connectivity index (χ1) is 6.02. The largest absolute Gasteiger partial charge is 0.0887 e. The fourth-order valence-electron chi connectivity index (χ4n) is 1.31. The molecule has 0 spiro atoms. The molecule has 0 aliphatic rings. The van der Waals surface area contributed by atoms with Crippen molar-refractivity contribution in [2.24, 2.45) is 0 Å². The molecule has 2 atom stereocenters. The van der Waals surface area contributed by atoms with Crippen LogP contribution in [0.2, 0.25) is 0 Å². The molecule has 0 fully saturated rings. The fourth-order valence-corrected chi connectivity index (χ4v) is 1.62. The number of alkyl halides is 1. The molecule has 1 aromatic rings. The lowest BCUT2D eigenvalue weighted by atomic mass is 9.95. The lowest BCUT2D eigenvalue weighted by molar-refractivity contribution is 0.760. The van der Waals surface area contributed by atoms with E-state index < -0.39 is 0 Å². The molecule has 1 heteroatoms. The Morgan fingerprint density at radius 3 is 2.15 bits per heavy atom. The molecule has 72 valence electrons. The highest BCUT2D eigenvalue weighted by molar-refractivity contribution is 9.09. The molecule has 0 bridgehead atoms. The first-order valence-corrected chi connectivity index (χ1v) is 5.65. The van der Waals surface area contributed by atoms with Gasteiger partial charge in [-0.1, -0.05) is 48.0 Å². The van der Waals surface area contributed by atoms with E-state index in [2.05, 4.69) is 61.8 Å². The van der Waals surface area contributed by atoms with Crippen molar-refractivity contribution in [3.63, 3.8) is 0 Å². The monoisotopic (exact) mass is 240 g/mol. The van der Waals surface area contributed by atoms with Crippen molar-refractivity contribution in [1.82, 2.24) is 0 Å². The SMILES string of the molecule is Cc1ccc(C(C)C(C)Br)cc1C. The van der Waals surface area contributed by atoms with Gasteiger partial charge in [0.15, 0.2) is 0 Å². The summed E-state index contributed by atoms with van der Waals surface area (Å²) in [6.45, 7) is 8.77. The minimum Gasteiger partial charge on any atom is -0.0887 e. The molecule has 13 heavy (non-hydrogen) atoms. The smallest absolute Gasteiger partial charge is 0.0183 e.